The number of aliphatic hydroxyl groups excluding tert-OH is 1. The monoisotopic (exact) mass is 208 g/mol. The quantitative estimate of drug-likeness (QED) is 0.665. The molecule has 0 saturated heterocycles. The second-order valence-corrected chi connectivity index (χ2v) is 3.85. The van der Waals surface area contributed by atoms with Crippen molar-refractivity contribution in [1.29, 1.82) is 0 Å². The predicted molar refractivity (Wildman–Crippen MR) is 61.7 cm³/mol. The average molecular weight is 208 g/mol. The van der Waals surface area contributed by atoms with Gasteiger partial charge in [0.2, 0.25) is 0 Å². The zero-order valence-electron chi connectivity index (χ0n) is 9.32. The van der Waals surface area contributed by atoms with E-state index in [0.29, 0.717) is 0 Å². The highest BCUT2D eigenvalue weighted by atomic mass is 16.3. The van der Waals surface area contributed by atoms with Crippen LogP contribution in [-0.4, -0.2) is 29.3 Å². The molecule has 0 bridgehead atoms. The lowest BCUT2D eigenvalue weighted by Gasteiger charge is -2.06. The van der Waals surface area contributed by atoms with E-state index < -0.39 is 0 Å². The fourth-order valence-electron chi connectivity index (χ4n) is 1.43. The summed E-state index contributed by atoms with van der Waals surface area (Å²) in [6.45, 7) is 3.80. The molecule has 1 aromatic rings. The molecule has 2 N–H and O–H groups in total. The molecule has 3 nitrogen and oxygen atoms in total. The number of aromatic nitrogens is 1. The van der Waals surface area contributed by atoms with Gasteiger partial charge in [-0.25, -0.2) is 0 Å². The Morgan fingerprint density at radius 3 is 2.73 bits per heavy atom. The van der Waals surface area contributed by atoms with Crippen molar-refractivity contribution in [2.24, 2.45) is 0 Å². The number of hydrogen-bond donors (Lipinski definition) is 2. The number of hydrogen-bond acceptors (Lipinski definition) is 3. The lowest BCUT2D eigenvalue weighted by Crippen LogP contribution is -2.19. The van der Waals surface area contributed by atoms with Gasteiger partial charge in [0.1, 0.15) is 0 Å². The predicted octanol–water partition coefficient (Wildman–Crippen LogP) is 1.37. The Balaban J connectivity index is 1.98. The lowest BCUT2D eigenvalue weighted by molar-refractivity contribution is 0.181. The molecule has 0 spiro atoms. The van der Waals surface area contributed by atoms with Crippen LogP contribution < -0.4 is 5.32 Å². The highest BCUT2D eigenvalue weighted by Crippen LogP contribution is 1.97. The normalized spacial score (nSPS) is 12.7. The van der Waals surface area contributed by atoms with Gasteiger partial charge in [0.25, 0.3) is 0 Å². The van der Waals surface area contributed by atoms with Crippen molar-refractivity contribution in [3.05, 3.63) is 30.1 Å². The van der Waals surface area contributed by atoms with Gasteiger partial charge in [0, 0.05) is 12.4 Å². The maximum Gasteiger partial charge on any atom is 0.0512 e. The van der Waals surface area contributed by atoms with Gasteiger partial charge in [-0.3, -0.25) is 4.98 Å². The van der Waals surface area contributed by atoms with Crippen molar-refractivity contribution in [2.75, 3.05) is 13.1 Å². The number of nitrogens with zero attached hydrogens (tertiary/aromatic N) is 1. The molecule has 0 saturated carbocycles. The molecule has 1 atom stereocenters. The maximum absolute atomic E-state index is 9.05. The molecule has 15 heavy (non-hydrogen) atoms. The third-order valence-corrected chi connectivity index (χ3v) is 2.32. The fourth-order valence-corrected chi connectivity index (χ4v) is 1.43. The topological polar surface area (TPSA) is 45.1 Å². The summed E-state index contributed by atoms with van der Waals surface area (Å²) in [5.74, 6) is 0. The first kappa shape index (κ1) is 12.1. The summed E-state index contributed by atoms with van der Waals surface area (Å²) in [4.78, 5) is 3.97. The van der Waals surface area contributed by atoms with Gasteiger partial charge in [-0.2, -0.15) is 0 Å². The van der Waals surface area contributed by atoms with Crippen LogP contribution in [0.4, 0.5) is 0 Å². The van der Waals surface area contributed by atoms with E-state index in [0.717, 1.165) is 32.4 Å². The zero-order valence-corrected chi connectivity index (χ0v) is 9.32. The number of aliphatic hydroxyl groups is 1. The highest BCUT2D eigenvalue weighted by Gasteiger charge is 1.95. The van der Waals surface area contributed by atoms with Crippen LogP contribution >= 0.6 is 0 Å². The Morgan fingerprint density at radius 1 is 1.33 bits per heavy atom. The van der Waals surface area contributed by atoms with Gasteiger partial charge in [0.05, 0.1) is 6.10 Å². The summed E-state index contributed by atoms with van der Waals surface area (Å²) < 4.78 is 0. The largest absolute Gasteiger partial charge is 0.393 e. The molecule has 0 aromatic carbocycles. The Bertz CT molecular complexity index is 249. The number of pyridine rings is 1. The minimum Gasteiger partial charge on any atom is -0.393 e. The van der Waals surface area contributed by atoms with E-state index in [1.165, 1.54) is 5.56 Å². The molecule has 1 rings (SSSR count). The summed E-state index contributed by atoms with van der Waals surface area (Å²) in [6, 6.07) is 4.08. The molecule has 0 aliphatic rings. The van der Waals surface area contributed by atoms with Crippen molar-refractivity contribution in [3.8, 4) is 0 Å². The maximum atomic E-state index is 9.05. The summed E-state index contributed by atoms with van der Waals surface area (Å²) in [5.41, 5.74) is 1.31. The molecule has 0 aliphatic heterocycles. The van der Waals surface area contributed by atoms with Crippen LogP contribution in [0.15, 0.2) is 24.5 Å². The first-order valence-electron chi connectivity index (χ1n) is 5.56. The summed E-state index contributed by atoms with van der Waals surface area (Å²) >= 11 is 0. The Hall–Kier alpha value is -0.930. The van der Waals surface area contributed by atoms with E-state index in [1.54, 1.807) is 0 Å². The van der Waals surface area contributed by atoms with Gasteiger partial charge >= 0.3 is 0 Å². The van der Waals surface area contributed by atoms with E-state index in [9.17, 15) is 0 Å². The minimum atomic E-state index is -0.174. The van der Waals surface area contributed by atoms with Crippen LogP contribution in [0.1, 0.15) is 25.3 Å². The van der Waals surface area contributed by atoms with Crippen molar-refractivity contribution in [2.45, 2.75) is 32.3 Å². The van der Waals surface area contributed by atoms with E-state index >= 15 is 0 Å². The van der Waals surface area contributed by atoms with Crippen LogP contribution in [0.2, 0.25) is 0 Å². The molecule has 0 aliphatic carbocycles. The molecule has 84 valence electrons. The van der Waals surface area contributed by atoms with Gasteiger partial charge in [-0.05, 0) is 57.0 Å². The summed E-state index contributed by atoms with van der Waals surface area (Å²) in [6.07, 6.45) is 6.42. The fraction of sp³-hybridized carbons (Fsp3) is 0.583. The van der Waals surface area contributed by atoms with Gasteiger partial charge in [-0.15, -0.1) is 0 Å². The van der Waals surface area contributed by atoms with Crippen molar-refractivity contribution >= 4 is 0 Å². The number of rotatable bonds is 7. The van der Waals surface area contributed by atoms with Crippen LogP contribution in [-0.2, 0) is 6.42 Å². The van der Waals surface area contributed by atoms with E-state index in [1.807, 2.05) is 31.5 Å². The van der Waals surface area contributed by atoms with Crippen molar-refractivity contribution in [1.82, 2.24) is 10.3 Å². The third-order valence-electron chi connectivity index (χ3n) is 2.32. The van der Waals surface area contributed by atoms with Gasteiger partial charge in [0.15, 0.2) is 0 Å². The van der Waals surface area contributed by atoms with Crippen LogP contribution in [0.3, 0.4) is 0 Å². The molecule has 1 aromatic heterocycles. The Morgan fingerprint density at radius 2 is 2.07 bits per heavy atom. The smallest absolute Gasteiger partial charge is 0.0512 e. The van der Waals surface area contributed by atoms with E-state index in [-0.39, 0.29) is 6.10 Å². The third kappa shape index (κ3) is 6.20. The van der Waals surface area contributed by atoms with Crippen LogP contribution in [0.25, 0.3) is 0 Å². The van der Waals surface area contributed by atoms with Gasteiger partial charge < -0.3 is 10.4 Å². The SMILES string of the molecule is CC(O)CCCNCCc1ccncc1. The molecule has 1 unspecified atom stereocenters. The first-order valence-corrected chi connectivity index (χ1v) is 5.56. The summed E-state index contributed by atoms with van der Waals surface area (Å²) in [7, 11) is 0. The second kappa shape index (κ2) is 7.37. The average Bonchev–Trinajstić information content (AvgIpc) is 2.24. The Kier molecular flexibility index (Phi) is 5.97. The van der Waals surface area contributed by atoms with E-state index in [2.05, 4.69) is 10.3 Å². The second-order valence-electron chi connectivity index (χ2n) is 3.85. The standard InChI is InChI=1S/C12H20N2O/c1-11(15)3-2-7-13-8-4-12-5-9-14-10-6-12/h5-6,9-11,13,15H,2-4,7-8H2,1H3. The van der Waals surface area contributed by atoms with Crippen LogP contribution in [0, 0.1) is 0 Å². The minimum absolute atomic E-state index is 0.174. The highest BCUT2D eigenvalue weighted by molar-refractivity contribution is 5.09. The molecule has 1 heterocycles. The Labute approximate surface area is 91.5 Å². The van der Waals surface area contributed by atoms with Crippen molar-refractivity contribution < 1.29 is 5.11 Å². The van der Waals surface area contributed by atoms with E-state index in [4.69, 9.17) is 5.11 Å². The summed E-state index contributed by atoms with van der Waals surface area (Å²) in [5, 5.41) is 12.4. The molecule has 0 fully saturated rings. The molecular formula is C12H20N2O. The zero-order chi connectivity index (χ0) is 10.9. The number of nitrogens with one attached hydrogen (secondary N) is 1. The lowest BCUT2D eigenvalue weighted by atomic mass is 10.2. The van der Waals surface area contributed by atoms with Crippen LogP contribution in [0.5, 0.6) is 0 Å². The molecular weight excluding hydrogens is 188 g/mol. The van der Waals surface area contributed by atoms with Gasteiger partial charge in [-0.1, -0.05) is 0 Å². The first-order chi connectivity index (χ1) is 7.29. The van der Waals surface area contributed by atoms with Crippen molar-refractivity contribution in [3.63, 3.8) is 0 Å². The molecule has 0 radical (unpaired) electrons. The molecule has 0 amide bonds. The molecule has 3 heteroatoms.